The van der Waals surface area contributed by atoms with E-state index in [2.05, 4.69) is 19.9 Å². The molecule has 0 atom stereocenters. The van der Waals surface area contributed by atoms with Crippen LogP contribution in [0.3, 0.4) is 0 Å². The lowest BCUT2D eigenvalue weighted by Crippen LogP contribution is -2.29. The molecule has 0 aliphatic heterocycles. The van der Waals surface area contributed by atoms with Crippen molar-refractivity contribution in [3.05, 3.63) is 31.7 Å². The molecule has 72 valence electrons. The fraction of sp³-hybridized carbons (Fsp3) is 0.143. The van der Waals surface area contributed by atoms with Gasteiger partial charge < -0.3 is 9.97 Å². The van der Waals surface area contributed by atoms with Gasteiger partial charge in [-0.2, -0.15) is 4.98 Å². The first kappa shape index (κ1) is 8.89. The number of rotatable bonds is 0. The topological polar surface area (TPSA) is 91.5 Å². The molecule has 0 saturated carbocycles. The Bertz CT molecular complexity index is 615. The Morgan fingerprint density at radius 3 is 2.50 bits per heavy atom. The Hall–Kier alpha value is -1.69. The number of aromatic nitrogens is 4. The molecule has 6 nitrogen and oxygen atoms in total. The molecular weight excluding hydrogens is 208 g/mol. The maximum absolute atomic E-state index is 11.0. The highest BCUT2D eigenvalue weighted by molar-refractivity contribution is 6.28. The van der Waals surface area contributed by atoms with E-state index in [4.69, 9.17) is 11.6 Å². The molecule has 2 heterocycles. The van der Waals surface area contributed by atoms with Gasteiger partial charge in [-0.3, -0.25) is 9.59 Å². The Morgan fingerprint density at radius 2 is 1.79 bits per heavy atom. The number of fused-ring (bicyclic) bond motifs is 1. The molecule has 14 heavy (non-hydrogen) atoms. The van der Waals surface area contributed by atoms with Crippen molar-refractivity contribution in [2.24, 2.45) is 0 Å². The van der Waals surface area contributed by atoms with Crippen LogP contribution < -0.4 is 11.1 Å². The molecule has 0 saturated heterocycles. The lowest BCUT2D eigenvalue weighted by atomic mass is 10.4. The lowest BCUT2D eigenvalue weighted by Gasteiger charge is -1.99. The number of nitrogens with zero attached hydrogens (tertiary/aromatic N) is 2. The highest BCUT2D eigenvalue weighted by Gasteiger charge is 2.05. The molecule has 7 heteroatoms. The summed E-state index contributed by atoms with van der Waals surface area (Å²) in [5, 5.41) is 0.0256. The normalized spacial score (nSPS) is 10.7. The Balaban J connectivity index is 3.03. The zero-order valence-electron chi connectivity index (χ0n) is 7.09. The van der Waals surface area contributed by atoms with E-state index in [1.165, 1.54) is 0 Å². The van der Waals surface area contributed by atoms with E-state index >= 15 is 0 Å². The predicted octanol–water partition coefficient (Wildman–Crippen LogP) is -0.0318. The molecule has 2 N–H and O–H groups in total. The number of hydrogen-bond donors (Lipinski definition) is 2. The van der Waals surface area contributed by atoms with E-state index in [9.17, 15) is 9.59 Å². The summed E-state index contributed by atoms with van der Waals surface area (Å²) < 4.78 is 0. The summed E-state index contributed by atoms with van der Waals surface area (Å²) in [5.41, 5.74) is -0.363. The van der Waals surface area contributed by atoms with Gasteiger partial charge in [-0.1, -0.05) is 0 Å². The van der Waals surface area contributed by atoms with Crippen LogP contribution in [-0.2, 0) is 0 Å². The van der Waals surface area contributed by atoms with Gasteiger partial charge in [0, 0.05) is 0 Å². The second-order valence-corrected chi connectivity index (χ2v) is 3.05. The molecule has 0 unspecified atom stereocenters. The van der Waals surface area contributed by atoms with Gasteiger partial charge in [-0.25, -0.2) is 4.98 Å². The first-order chi connectivity index (χ1) is 6.58. The van der Waals surface area contributed by atoms with Crippen LogP contribution in [-0.4, -0.2) is 19.9 Å². The minimum absolute atomic E-state index is 0.0256. The zero-order valence-corrected chi connectivity index (χ0v) is 7.84. The molecule has 0 aromatic carbocycles. The first-order valence-corrected chi connectivity index (χ1v) is 4.12. The Morgan fingerprint density at radius 1 is 1.14 bits per heavy atom. The average Bonchev–Trinajstić information content (AvgIpc) is 2.08. The molecule has 2 aromatic rings. The van der Waals surface area contributed by atoms with Crippen LogP contribution in [0.2, 0.25) is 5.28 Å². The number of halogens is 1. The summed E-state index contributed by atoms with van der Waals surface area (Å²) in [5.74, 6) is 0. The predicted molar refractivity (Wildman–Crippen MR) is 50.5 cm³/mol. The van der Waals surface area contributed by atoms with Crippen LogP contribution in [0.25, 0.3) is 11.2 Å². The minimum atomic E-state index is -0.758. The van der Waals surface area contributed by atoms with Crippen LogP contribution in [0.15, 0.2) is 9.59 Å². The van der Waals surface area contributed by atoms with Crippen molar-refractivity contribution in [3.63, 3.8) is 0 Å². The smallest absolute Gasteiger partial charge is 0.313 e. The summed E-state index contributed by atoms with van der Waals surface area (Å²) in [6.07, 6.45) is 0. The second-order valence-electron chi connectivity index (χ2n) is 2.71. The fourth-order valence-corrected chi connectivity index (χ4v) is 1.32. The summed E-state index contributed by atoms with van der Waals surface area (Å²) in [4.78, 5) is 34.2. The van der Waals surface area contributed by atoms with Crippen molar-refractivity contribution in [2.75, 3.05) is 0 Å². The van der Waals surface area contributed by atoms with Crippen LogP contribution in [0.4, 0.5) is 0 Å². The lowest BCUT2D eigenvalue weighted by molar-refractivity contribution is 1.05. The van der Waals surface area contributed by atoms with Gasteiger partial charge >= 0.3 is 11.1 Å². The maximum atomic E-state index is 11.0. The molecule has 0 amide bonds. The van der Waals surface area contributed by atoms with Gasteiger partial charge in [0.05, 0.1) is 5.69 Å². The average molecular weight is 213 g/mol. The van der Waals surface area contributed by atoms with Crippen LogP contribution in [0.5, 0.6) is 0 Å². The molecule has 0 fully saturated rings. The van der Waals surface area contributed by atoms with E-state index < -0.39 is 11.1 Å². The largest absolute Gasteiger partial charge is 0.315 e. The third-order valence-electron chi connectivity index (χ3n) is 1.74. The van der Waals surface area contributed by atoms with E-state index in [0.29, 0.717) is 11.2 Å². The van der Waals surface area contributed by atoms with Crippen molar-refractivity contribution >= 4 is 22.8 Å². The van der Waals surface area contributed by atoms with E-state index in [-0.39, 0.29) is 10.9 Å². The molecule has 0 radical (unpaired) electrons. The molecule has 0 spiro atoms. The van der Waals surface area contributed by atoms with Crippen LogP contribution >= 0.6 is 11.6 Å². The van der Waals surface area contributed by atoms with Gasteiger partial charge in [0.1, 0.15) is 5.52 Å². The van der Waals surface area contributed by atoms with Gasteiger partial charge in [0.15, 0.2) is 5.65 Å². The van der Waals surface area contributed by atoms with Crippen molar-refractivity contribution < 1.29 is 0 Å². The van der Waals surface area contributed by atoms with Crippen molar-refractivity contribution in [3.8, 4) is 0 Å². The van der Waals surface area contributed by atoms with Gasteiger partial charge in [-0.05, 0) is 18.5 Å². The molecule has 0 aliphatic carbocycles. The van der Waals surface area contributed by atoms with E-state index in [0.717, 1.165) is 0 Å². The summed E-state index contributed by atoms with van der Waals surface area (Å²) >= 11 is 5.58. The summed E-state index contributed by atoms with van der Waals surface area (Å²) in [7, 11) is 0. The van der Waals surface area contributed by atoms with Gasteiger partial charge in [0.2, 0.25) is 5.28 Å². The van der Waals surface area contributed by atoms with Gasteiger partial charge in [0.25, 0.3) is 0 Å². The number of H-pyrrole nitrogens is 2. The quantitative estimate of drug-likeness (QED) is 0.474. The van der Waals surface area contributed by atoms with Crippen molar-refractivity contribution in [1.82, 2.24) is 19.9 Å². The molecule has 0 aliphatic rings. The van der Waals surface area contributed by atoms with Crippen molar-refractivity contribution in [2.45, 2.75) is 6.92 Å². The van der Waals surface area contributed by atoms with Gasteiger partial charge in [-0.15, -0.1) is 0 Å². The monoisotopic (exact) mass is 212 g/mol. The fourth-order valence-electron chi connectivity index (χ4n) is 1.11. The standard InChI is InChI=1S/C7H5ClN4O2/c1-2-3-4(12-7(8)9-2)11-6(14)5(13)10-3/h1H3,(H,10,13)(H,9,11,12,14). The number of aromatic amines is 2. The minimum Gasteiger partial charge on any atom is -0.313 e. The molecule has 2 aromatic heterocycles. The van der Waals surface area contributed by atoms with Crippen LogP contribution in [0.1, 0.15) is 5.69 Å². The SMILES string of the molecule is Cc1nc(Cl)nc2[nH]c(=O)c(=O)[nH]c12. The van der Waals surface area contributed by atoms with E-state index in [1.807, 2.05) is 0 Å². The molecule has 2 rings (SSSR count). The molecular formula is C7H5ClN4O2. The number of hydrogen-bond acceptors (Lipinski definition) is 4. The third-order valence-corrected chi connectivity index (χ3v) is 1.91. The third kappa shape index (κ3) is 1.29. The highest BCUT2D eigenvalue weighted by atomic mass is 35.5. The Kier molecular flexibility index (Phi) is 1.85. The number of aryl methyl sites for hydroxylation is 1. The van der Waals surface area contributed by atoms with Crippen LogP contribution in [0, 0.1) is 6.92 Å². The number of nitrogens with one attached hydrogen (secondary N) is 2. The molecule has 0 bridgehead atoms. The highest BCUT2D eigenvalue weighted by Crippen LogP contribution is 2.09. The zero-order chi connectivity index (χ0) is 10.3. The summed E-state index contributed by atoms with van der Waals surface area (Å²) in [6, 6.07) is 0. The first-order valence-electron chi connectivity index (χ1n) is 3.74. The second kappa shape index (κ2) is 2.91. The Labute approximate surface area is 82.0 Å². The summed E-state index contributed by atoms with van der Waals surface area (Å²) in [6.45, 7) is 1.66. The van der Waals surface area contributed by atoms with Crippen molar-refractivity contribution in [1.29, 1.82) is 0 Å². The maximum Gasteiger partial charge on any atom is 0.315 e. The van der Waals surface area contributed by atoms with E-state index in [1.54, 1.807) is 6.92 Å².